The van der Waals surface area contributed by atoms with E-state index in [2.05, 4.69) is 4.84 Å². The van der Waals surface area contributed by atoms with Crippen LogP contribution in [-0.4, -0.2) is 14.7 Å². The third-order valence-electron chi connectivity index (χ3n) is 1.66. The van der Waals surface area contributed by atoms with Crippen molar-refractivity contribution in [2.24, 2.45) is 5.90 Å². The van der Waals surface area contributed by atoms with E-state index in [0.29, 0.717) is 0 Å². The zero-order valence-electron chi connectivity index (χ0n) is 7.53. The van der Waals surface area contributed by atoms with Gasteiger partial charge in [0.05, 0.1) is 6.61 Å². The molecule has 0 unspecified atom stereocenters. The van der Waals surface area contributed by atoms with E-state index in [9.17, 15) is 12.8 Å². The number of rotatable bonds is 3. The largest absolute Gasteiger partial charge is 0.300 e. The molecule has 6 heteroatoms. The molecule has 0 radical (unpaired) electrons. The lowest BCUT2D eigenvalue weighted by molar-refractivity contribution is 0.122. The van der Waals surface area contributed by atoms with Gasteiger partial charge in [0.1, 0.15) is 10.7 Å². The van der Waals surface area contributed by atoms with E-state index in [1.807, 2.05) is 0 Å². The van der Waals surface area contributed by atoms with E-state index in [1.165, 1.54) is 12.1 Å². The summed E-state index contributed by atoms with van der Waals surface area (Å²) in [5.74, 6) is 4.02. The van der Waals surface area contributed by atoms with Crippen molar-refractivity contribution in [1.82, 2.24) is 0 Å². The van der Waals surface area contributed by atoms with Crippen molar-refractivity contribution < 1.29 is 17.6 Å². The quantitative estimate of drug-likeness (QED) is 0.756. The van der Waals surface area contributed by atoms with Gasteiger partial charge in [0, 0.05) is 11.8 Å². The number of benzene rings is 1. The van der Waals surface area contributed by atoms with Crippen molar-refractivity contribution in [1.29, 1.82) is 0 Å². The fraction of sp³-hybridized carbons (Fsp3) is 0.250. The molecule has 0 aromatic heterocycles. The summed E-state index contributed by atoms with van der Waals surface area (Å²) in [7, 11) is -3.60. The molecule has 0 heterocycles. The predicted molar refractivity (Wildman–Crippen MR) is 48.5 cm³/mol. The molecule has 0 spiro atoms. The minimum atomic E-state index is -3.60. The van der Waals surface area contributed by atoms with Crippen molar-refractivity contribution in [3.8, 4) is 0 Å². The number of nitrogens with two attached hydrogens (primary N) is 1. The summed E-state index contributed by atoms with van der Waals surface area (Å²) in [5.41, 5.74) is 0.218. The minimum absolute atomic E-state index is 0.139. The molecule has 4 nitrogen and oxygen atoms in total. The average Bonchev–Trinajstić information content (AvgIpc) is 2.02. The topological polar surface area (TPSA) is 69.4 Å². The van der Waals surface area contributed by atoms with Crippen LogP contribution in [-0.2, 0) is 21.3 Å². The van der Waals surface area contributed by atoms with Crippen LogP contribution in [0.5, 0.6) is 0 Å². The Bertz CT molecular complexity index is 430. The van der Waals surface area contributed by atoms with Gasteiger partial charge in [-0.1, -0.05) is 12.1 Å². The van der Waals surface area contributed by atoms with Crippen LogP contribution < -0.4 is 5.90 Å². The van der Waals surface area contributed by atoms with Gasteiger partial charge in [0.15, 0.2) is 9.84 Å². The smallest absolute Gasteiger partial charge is 0.178 e. The van der Waals surface area contributed by atoms with Crippen molar-refractivity contribution >= 4 is 9.84 Å². The maximum atomic E-state index is 13.2. The van der Waals surface area contributed by atoms with Gasteiger partial charge in [-0.15, -0.1) is 0 Å². The molecular weight excluding hydrogens is 209 g/mol. The molecule has 0 saturated carbocycles. The lowest BCUT2D eigenvalue weighted by atomic mass is 10.2. The Morgan fingerprint density at radius 3 is 2.64 bits per heavy atom. The third kappa shape index (κ3) is 2.28. The molecule has 0 aliphatic heterocycles. The Morgan fingerprint density at radius 1 is 1.50 bits per heavy atom. The van der Waals surface area contributed by atoms with Crippen molar-refractivity contribution in [2.75, 3.05) is 6.26 Å². The highest BCUT2D eigenvalue weighted by molar-refractivity contribution is 7.90. The predicted octanol–water partition coefficient (Wildman–Crippen LogP) is 0.620. The molecule has 0 saturated heterocycles. The van der Waals surface area contributed by atoms with E-state index in [-0.39, 0.29) is 17.1 Å². The van der Waals surface area contributed by atoms with Gasteiger partial charge in [-0.3, -0.25) is 4.84 Å². The number of sulfone groups is 1. The van der Waals surface area contributed by atoms with Crippen LogP contribution in [0.2, 0.25) is 0 Å². The average molecular weight is 219 g/mol. The monoisotopic (exact) mass is 219 g/mol. The Morgan fingerprint density at radius 2 is 2.14 bits per heavy atom. The molecular formula is C8H10FNO3S. The second kappa shape index (κ2) is 4.04. The van der Waals surface area contributed by atoms with Crippen molar-refractivity contribution in [3.05, 3.63) is 29.6 Å². The van der Waals surface area contributed by atoms with Crippen LogP contribution in [0.1, 0.15) is 5.56 Å². The Balaban J connectivity index is 3.37. The van der Waals surface area contributed by atoms with Crippen LogP contribution in [0.3, 0.4) is 0 Å². The van der Waals surface area contributed by atoms with Crippen molar-refractivity contribution in [3.63, 3.8) is 0 Å². The number of hydrogen-bond donors (Lipinski definition) is 1. The first-order valence-electron chi connectivity index (χ1n) is 3.76. The van der Waals surface area contributed by atoms with Crippen molar-refractivity contribution in [2.45, 2.75) is 11.5 Å². The van der Waals surface area contributed by atoms with Gasteiger partial charge >= 0.3 is 0 Å². The lowest BCUT2D eigenvalue weighted by Gasteiger charge is -2.06. The van der Waals surface area contributed by atoms with Crippen LogP contribution in [0.15, 0.2) is 23.1 Å². The summed E-state index contributed by atoms with van der Waals surface area (Å²) in [6.07, 6.45) is 0.936. The Kier molecular flexibility index (Phi) is 3.20. The van der Waals surface area contributed by atoms with Gasteiger partial charge in [0.25, 0.3) is 0 Å². The van der Waals surface area contributed by atoms with Crippen LogP contribution in [0.4, 0.5) is 4.39 Å². The van der Waals surface area contributed by atoms with Gasteiger partial charge in [0.2, 0.25) is 0 Å². The van der Waals surface area contributed by atoms with Gasteiger partial charge in [-0.2, -0.15) is 0 Å². The van der Waals surface area contributed by atoms with Gasteiger partial charge in [-0.25, -0.2) is 18.7 Å². The summed E-state index contributed by atoms with van der Waals surface area (Å²) >= 11 is 0. The normalized spacial score (nSPS) is 11.6. The third-order valence-corrected chi connectivity index (χ3v) is 2.86. The Hall–Kier alpha value is -0.980. The zero-order valence-corrected chi connectivity index (χ0v) is 8.34. The molecule has 0 amide bonds. The van der Waals surface area contributed by atoms with E-state index in [4.69, 9.17) is 5.90 Å². The first kappa shape index (κ1) is 11.1. The fourth-order valence-electron chi connectivity index (χ4n) is 1.17. The van der Waals surface area contributed by atoms with Gasteiger partial charge in [-0.05, 0) is 6.07 Å². The zero-order chi connectivity index (χ0) is 10.8. The Labute approximate surface area is 81.4 Å². The van der Waals surface area contributed by atoms with E-state index in [1.54, 1.807) is 0 Å². The standard InChI is InChI=1S/C8H10FNO3S/c1-14(11,12)8-6(5-13-10)3-2-4-7(8)9/h2-4H,5,10H2,1H3. The molecule has 2 N–H and O–H groups in total. The molecule has 78 valence electrons. The molecule has 0 fully saturated rings. The molecule has 0 aliphatic rings. The van der Waals surface area contributed by atoms with E-state index in [0.717, 1.165) is 12.3 Å². The minimum Gasteiger partial charge on any atom is -0.300 e. The first-order chi connectivity index (χ1) is 6.46. The molecule has 1 rings (SSSR count). The molecule has 14 heavy (non-hydrogen) atoms. The van der Waals surface area contributed by atoms with E-state index >= 15 is 0 Å². The number of hydrogen-bond acceptors (Lipinski definition) is 4. The van der Waals surface area contributed by atoms with Crippen LogP contribution in [0.25, 0.3) is 0 Å². The van der Waals surface area contributed by atoms with Crippen LogP contribution >= 0.6 is 0 Å². The maximum absolute atomic E-state index is 13.2. The van der Waals surface area contributed by atoms with Crippen LogP contribution in [0, 0.1) is 5.82 Å². The SMILES string of the molecule is CS(=O)(=O)c1c(F)cccc1CON. The summed E-state index contributed by atoms with van der Waals surface area (Å²) < 4.78 is 35.6. The van der Waals surface area contributed by atoms with E-state index < -0.39 is 15.7 Å². The summed E-state index contributed by atoms with van der Waals surface area (Å²) in [6, 6.07) is 3.93. The summed E-state index contributed by atoms with van der Waals surface area (Å²) in [5, 5.41) is 0. The highest BCUT2D eigenvalue weighted by atomic mass is 32.2. The first-order valence-corrected chi connectivity index (χ1v) is 5.65. The summed E-state index contributed by atoms with van der Waals surface area (Å²) in [6.45, 7) is -0.139. The fourth-order valence-corrected chi connectivity index (χ4v) is 2.20. The molecule has 0 atom stereocenters. The molecule has 0 aliphatic carbocycles. The second-order valence-electron chi connectivity index (χ2n) is 2.81. The summed E-state index contributed by atoms with van der Waals surface area (Å²) in [4.78, 5) is 3.93. The van der Waals surface area contributed by atoms with Gasteiger partial charge < -0.3 is 0 Å². The lowest BCUT2D eigenvalue weighted by Crippen LogP contribution is -2.08. The maximum Gasteiger partial charge on any atom is 0.178 e. The highest BCUT2D eigenvalue weighted by Crippen LogP contribution is 2.19. The number of halogens is 1. The molecule has 1 aromatic carbocycles. The highest BCUT2D eigenvalue weighted by Gasteiger charge is 2.18. The second-order valence-corrected chi connectivity index (χ2v) is 4.76. The molecule has 0 bridgehead atoms. The molecule has 1 aromatic rings.